The minimum Gasteiger partial charge on any atom is -0.480 e. The molecule has 1 N–H and O–H groups in total. The van der Waals surface area contributed by atoms with Gasteiger partial charge in [-0.25, -0.2) is 18.4 Å². The van der Waals surface area contributed by atoms with Crippen LogP contribution in [0.3, 0.4) is 0 Å². The van der Waals surface area contributed by atoms with E-state index in [1.165, 1.54) is 6.92 Å². The molecule has 2 atom stereocenters. The third-order valence-corrected chi connectivity index (χ3v) is 3.74. The van der Waals surface area contributed by atoms with Gasteiger partial charge in [-0.2, -0.15) is 0 Å². The maximum absolute atomic E-state index is 13.3. The SMILES string of the molecule is CCC(F)(F)CCC1CC(C(=O)O)N(C(=O)OC(C)(C)C)C1. The van der Waals surface area contributed by atoms with Gasteiger partial charge in [0, 0.05) is 19.4 Å². The number of likely N-dealkylation sites (tertiary alicyclic amines) is 1. The maximum Gasteiger partial charge on any atom is 0.411 e. The normalized spacial score (nSPS) is 22.7. The number of alkyl halides is 2. The number of hydrogen-bond acceptors (Lipinski definition) is 3. The number of carbonyl (C=O) groups excluding carboxylic acids is 1. The summed E-state index contributed by atoms with van der Waals surface area (Å²) >= 11 is 0. The number of halogens is 2. The molecule has 0 radical (unpaired) electrons. The molecule has 0 saturated carbocycles. The summed E-state index contributed by atoms with van der Waals surface area (Å²) in [5, 5.41) is 9.23. The first-order valence-corrected chi connectivity index (χ1v) is 7.55. The van der Waals surface area contributed by atoms with E-state index in [-0.39, 0.29) is 38.1 Å². The summed E-state index contributed by atoms with van der Waals surface area (Å²) in [5.41, 5.74) is -0.729. The largest absolute Gasteiger partial charge is 0.480 e. The molecule has 1 fully saturated rings. The molecule has 0 aromatic rings. The molecule has 22 heavy (non-hydrogen) atoms. The van der Waals surface area contributed by atoms with Crippen molar-refractivity contribution >= 4 is 12.1 Å². The van der Waals surface area contributed by atoms with E-state index in [0.717, 1.165) is 4.90 Å². The van der Waals surface area contributed by atoms with Gasteiger partial charge in [-0.3, -0.25) is 4.90 Å². The number of carboxylic acids is 1. The third-order valence-electron chi connectivity index (χ3n) is 3.74. The fraction of sp³-hybridized carbons (Fsp3) is 0.867. The first-order valence-electron chi connectivity index (χ1n) is 7.55. The van der Waals surface area contributed by atoms with Crippen LogP contribution >= 0.6 is 0 Å². The van der Waals surface area contributed by atoms with Crippen LogP contribution in [0, 0.1) is 5.92 Å². The van der Waals surface area contributed by atoms with Crippen LogP contribution in [0.4, 0.5) is 13.6 Å². The van der Waals surface area contributed by atoms with E-state index in [2.05, 4.69) is 0 Å². The highest BCUT2D eigenvalue weighted by molar-refractivity contribution is 5.81. The van der Waals surface area contributed by atoms with E-state index in [1.807, 2.05) is 0 Å². The highest BCUT2D eigenvalue weighted by Gasteiger charge is 2.42. The van der Waals surface area contributed by atoms with Crippen LogP contribution in [-0.2, 0) is 9.53 Å². The summed E-state index contributed by atoms with van der Waals surface area (Å²) < 4.78 is 31.8. The minimum absolute atomic E-state index is 0.145. The Balaban J connectivity index is 2.69. The lowest BCUT2D eigenvalue weighted by molar-refractivity contribution is -0.142. The molecule has 7 heteroatoms. The average molecular weight is 321 g/mol. The fourth-order valence-corrected chi connectivity index (χ4v) is 2.48. The molecule has 2 unspecified atom stereocenters. The number of hydrogen-bond donors (Lipinski definition) is 1. The van der Waals surface area contributed by atoms with Gasteiger partial charge in [-0.05, 0) is 39.5 Å². The zero-order chi connectivity index (χ0) is 17.1. The summed E-state index contributed by atoms with van der Waals surface area (Å²) in [4.78, 5) is 24.5. The van der Waals surface area contributed by atoms with E-state index in [1.54, 1.807) is 20.8 Å². The first kappa shape index (κ1) is 18.6. The van der Waals surface area contributed by atoms with Crippen molar-refractivity contribution in [1.29, 1.82) is 0 Å². The van der Waals surface area contributed by atoms with Crippen molar-refractivity contribution < 1.29 is 28.2 Å². The molecule has 0 aromatic carbocycles. The van der Waals surface area contributed by atoms with Crippen molar-refractivity contribution in [3.8, 4) is 0 Å². The Morgan fingerprint density at radius 1 is 1.32 bits per heavy atom. The minimum atomic E-state index is -2.74. The lowest BCUT2D eigenvalue weighted by atomic mass is 9.97. The van der Waals surface area contributed by atoms with Crippen molar-refractivity contribution in [1.82, 2.24) is 4.90 Å². The van der Waals surface area contributed by atoms with Crippen LogP contribution in [0.2, 0.25) is 0 Å². The lowest BCUT2D eigenvalue weighted by Gasteiger charge is -2.26. The zero-order valence-electron chi connectivity index (χ0n) is 13.6. The molecule has 1 rings (SSSR count). The Morgan fingerprint density at radius 2 is 1.91 bits per heavy atom. The molecule has 1 amide bonds. The topological polar surface area (TPSA) is 66.8 Å². The predicted octanol–water partition coefficient (Wildman–Crippen LogP) is 3.52. The summed E-state index contributed by atoms with van der Waals surface area (Å²) in [7, 11) is 0. The first-order chi connectivity index (χ1) is 9.95. The van der Waals surface area contributed by atoms with E-state index < -0.39 is 29.6 Å². The number of ether oxygens (including phenoxy) is 1. The van der Waals surface area contributed by atoms with Crippen LogP contribution in [-0.4, -0.2) is 46.2 Å². The molecule has 0 aromatic heterocycles. The van der Waals surface area contributed by atoms with Crippen molar-refractivity contribution in [2.75, 3.05) is 6.54 Å². The number of nitrogens with zero attached hydrogens (tertiary/aromatic N) is 1. The van der Waals surface area contributed by atoms with Crippen molar-refractivity contribution in [2.24, 2.45) is 5.92 Å². The van der Waals surface area contributed by atoms with Crippen LogP contribution in [0.1, 0.15) is 53.4 Å². The summed E-state index contributed by atoms with van der Waals surface area (Å²) in [6.45, 7) is 6.63. The van der Waals surface area contributed by atoms with Crippen molar-refractivity contribution in [2.45, 2.75) is 70.9 Å². The molecule has 0 spiro atoms. The monoisotopic (exact) mass is 321 g/mol. The molecule has 0 aliphatic carbocycles. The third kappa shape index (κ3) is 5.42. The van der Waals surface area contributed by atoms with E-state index in [4.69, 9.17) is 4.74 Å². The highest BCUT2D eigenvalue weighted by atomic mass is 19.3. The summed E-state index contributed by atoms with van der Waals surface area (Å²) in [5.74, 6) is -4.11. The van der Waals surface area contributed by atoms with Crippen LogP contribution in [0.25, 0.3) is 0 Å². The van der Waals surface area contributed by atoms with Gasteiger partial charge in [0.2, 0.25) is 5.92 Å². The molecule has 128 valence electrons. The van der Waals surface area contributed by atoms with Crippen molar-refractivity contribution in [3.63, 3.8) is 0 Å². The molecule has 1 aliphatic heterocycles. The molecule has 5 nitrogen and oxygen atoms in total. The second-order valence-electron chi connectivity index (χ2n) is 6.84. The van der Waals surface area contributed by atoms with Crippen LogP contribution in [0.15, 0.2) is 0 Å². The molecule has 1 saturated heterocycles. The molecule has 0 bridgehead atoms. The molecular formula is C15H25F2NO4. The Kier molecular flexibility index (Phi) is 5.76. The Bertz CT molecular complexity index is 420. The Morgan fingerprint density at radius 3 is 2.36 bits per heavy atom. The predicted molar refractivity (Wildman–Crippen MR) is 76.9 cm³/mol. The number of rotatable bonds is 5. The summed E-state index contributed by atoms with van der Waals surface area (Å²) in [6.07, 6.45) is -0.844. The van der Waals surface area contributed by atoms with Gasteiger partial charge in [0.1, 0.15) is 11.6 Å². The molecule has 1 heterocycles. The lowest BCUT2D eigenvalue weighted by Crippen LogP contribution is -2.43. The van der Waals surface area contributed by atoms with E-state index in [9.17, 15) is 23.5 Å². The Labute approximate surface area is 129 Å². The van der Waals surface area contributed by atoms with Gasteiger partial charge in [-0.15, -0.1) is 0 Å². The summed E-state index contributed by atoms with van der Waals surface area (Å²) in [6, 6.07) is -1.00. The highest BCUT2D eigenvalue weighted by Crippen LogP contribution is 2.33. The number of carbonyl (C=O) groups is 2. The molecule has 1 aliphatic rings. The van der Waals surface area contributed by atoms with Gasteiger partial charge < -0.3 is 9.84 Å². The van der Waals surface area contributed by atoms with Gasteiger partial charge in [0.15, 0.2) is 0 Å². The number of aliphatic carboxylic acids is 1. The van der Waals surface area contributed by atoms with Crippen LogP contribution < -0.4 is 0 Å². The zero-order valence-corrected chi connectivity index (χ0v) is 13.6. The van der Waals surface area contributed by atoms with Gasteiger partial charge in [0.25, 0.3) is 0 Å². The quantitative estimate of drug-likeness (QED) is 0.841. The number of carboxylic acid groups (broad SMARTS) is 1. The second kappa shape index (κ2) is 6.79. The smallest absolute Gasteiger partial charge is 0.411 e. The van der Waals surface area contributed by atoms with Crippen molar-refractivity contribution in [3.05, 3.63) is 0 Å². The Hall–Kier alpha value is -1.40. The second-order valence-corrected chi connectivity index (χ2v) is 6.84. The van der Waals surface area contributed by atoms with E-state index in [0.29, 0.717) is 0 Å². The number of amides is 1. The maximum atomic E-state index is 13.3. The standard InChI is InChI=1S/C15H25F2NO4/c1-5-15(16,17)7-6-10-8-11(12(19)20)18(9-10)13(21)22-14(2,3)4/h10-11H,5-9H2,1-4H3,(H,19,20). The fourth-order valence-electron chi connectivity index (χ4n) is 2.48. The van der Waals surface area contributed by atoms with Gasteiger partial charge >= 0.3 is 12.1 Å². The average Bonchev–Trinajstić information content (AvgIpc) is 2.79. The van der Waals surface area contributed by atoms with Gasteiger partial charge in [-0.1, -0.05) is 6.92 Å². The van der Waals surface area contributed by atoms with E-state index >= 15 is 0 Å². The van der Waals surface area contributed by atoms with Gasteiger partial charge in [0.05, 0.1) is 0 Å². The molecular weight excluding hydrogens is 296 g/mol. The van der Waals surface area contributed by atoms with Crippen LogP contribution in [0.5, 0.6) is 0 Å².